The molecule has 118 valence electrons. The van der Waals surface area contributed by atoms with Gasteiger partial charge in [0.1, 0.15) is 6.33 Å². The molecule has 22 heavy (non-hydrogen) atoms. The van der Waals surface area contributed by atoms with Gasteiger partial charge in [0.25, 0.3) is 0 Å². The highest BCUT2D eigenvalue weighted by molar-refractivity contribution is 6.35. The van der Waals surface area contributed by atoms with Gasteiger partial charge in [-0.2, -0.15) is 13.2 Å². The van der Waals surface area contributed by atoms with E-state index < -0.39 is 23.4 Å². The molecule has 2 aromatic rings. The first kappa shape index (κ1) is 17.0. The maximum absolute atomic E-state index is 13.6. The Morgan fingerprint density at radius 3 is 2.36 bits per heavy atom. The third kappa shape index (κ3) is 2.91. The molecular formula is C14H11Cl2F3N2O. The van der Waals surface area contributed by atoms with Crippen molar-refractivity contribution in [3.8, 4) is 0 Å². The third-order valence-corrected chi connectivity index (χ3v) is 4.02. The summed E-state index contributed by atoms with van der Waals surface area (Å²) in [5.41, 5.74) is -3.63. The molecule has 0 fully saturated rings. The summed E-state index contributed by atoms with van der Waals surface area (Å²) in [6.07, 6.45) is -2.87. The molecule has 0 spiro atoms. The van der Waals surface area contributed by atoms with Crippen LogP contribution >= 0.6 is 23.2 Å². The Hall–Kier alpha value is -1.37. The van der Waals surface area contributed by atoms with Crippen LogP contribution in [0.2, 0.25) is 10.0 Å². The number of halogens is 5. The molecular weight excluding hydrogens is 340 g/mol. The number of benzene rings is 1. The molecule has 0 radical (unpaired) electrons. The van der Waals surface area contributed by atoms with E-state index in [9.17, 15) is 18.3 Å². The standard InChI is InChI=1S/C14H11Cl2F3N2O/c1-8(10-3-2-9(15)6-11(10)16)13(22,14(17,18)19)12-4-5-20-7-21-12/h2-8,22H,1H3. The maximum atomic E-state index is 13.6. The van der Waals surface area contributed by atoms with E-state index in [2.05, 4.69) is 9.97 Å². The van der Waals surface area contributed by atoms with Crippen LogP contribution in [-0.4, -0.2) is 21.3 Å². The lowest BCUT2D eigenvalue weighted by Gasteiger charge is -2.35. The summed E-state index contributed by atoms with van der Waals surface area (Å²) in [5.74, 6) is -1.40. The molecule has 0 aliphatic carbocycles. The summed E-state index contributed by atoms with van der Waals surface area (Å²) in [4.78, 5) is 7.13. The highest BCUT2D eigenvalue weighted by Gasteiger charge is 2.60. The van der Waals surface area contributed by atoms with E-state index in [-0.39, 0.29) is 10.6 Å². The summed E-state index contributed by atoms with van der Waals surface area (Å²) in [5, 5.41) is 10.8. The number of nitrogens with zero attached hydrogens (tertiary/aromatic N) is 2. The van der Waals surface area contributed by atoms with E-state index in [1.54, 1.807) is 0 Å². The van der Waals surface area contributed by atoms with Gasteiger partial charge in [0.05, 0.1) is 5.69 Å². The van der Waals surface area contributed by atoms with Gasteiger partial charge in [-0.1, -0.05) is 36.2 Å². The van der Waals surface area contributed by atoms with Crippen molar-refractivity contribution in [1.29, 1.82) is 0 Å². The fraction of sp³-hybridized carbons (Fsp3) is 0.286. The predicted molar refractivity (Wildman–Crippen MR) is 76.9 cm³/mol. The van der Waals surface area contributed by atoms with Crippen molar-refractivity contribution < 1.29 is 18.3 Å². The molecule has 1 N–H and O–H groups in total. The Morgan fingerprint density at radius 1 is 1.18 bits per heavy atom. The lowest BCUT2D eigenvalue weighted by atomic mass is 9.80. The number of aliphatic hydroxyl groups is 1. The van der Waals surface area contributed by atoms with Crippen LogP contribution in [0.4, 0.5) is 13.2 Å². The van der Waals surface area contributed by atoms with Gasteiger partial charge in [-0.3, -0.25) is 0 Å². The molecule has 8 heteroatoms. The zero-order valence-electron chi connectivity index (χ0n) is 11.3. The second-order valence-electron chi connectivity index (χ2n) is 4.75. The Bertz CT molecular complexity index is 667. The van der Waals surface area contributed by atoms with Gasteiger partial charge in [0.2, 0.25) is 5.60 Å². The topological polar surface area (TPSA) is 46.0 Å². The van der Waals surface area contributed by atoms with Crippen molar-refractivity contribution in [3.63, 3.8) is 0 Å². The van der Waals surface area contributed by atoms with Crippen molar-refractivity contribution in [2.45, 2.75) is 24.6 Å². The molecule has 1 heterocycles. The number of aromatic nitrogens is 2. The minimum atomic E-state index is -4.95. The zero-order valence-corrected chi connectivity index (χ0v) is 12.8. The highest BCUT2D eigenvalue weighted by atomic mass is 35.5. The normalized spacial score (nSPS) is 16.1. The van der Waals surface area contributed by atoms with E-state index >= 15 is 0 Å². The van der Waals surface area contributed by atoms with E-state index in [4.69, 9.17) is 23.2 Å². The molecule has 0 saturated heterocycles. The minimum absolute atomic E-state index is 0.0386. The van der Waals surface area contributed by atoms with E-state index in [1.807, 2.05) is 0 Å². The number of hydrogen-bond acceptors (Lipinski definition) is 3. The minimum Gasteiger partial charge on any atom is -0.375 e. The van der Waals surface area contributed by atoms with Crippen LogP contribution in [0.1, 0.15) is 24.1 Å². The molecule has 1 aromatic carbocycles. The molecule has 3 nitrogen and oxygen atoms in total. The fourth-order valence-corrected chi connectivity index (χ4v) is 2.78. The first-order chi connectivity index (χ1) is 10.2. The monoisotopic (exact) mass is 350 g/mol. The van der Waals surface area contributed by atoms with Crippen LogP contribution in [0.25, 0.3) is 0 Å². The molecule has 2 unspecified atom stereocenters. The molecule has 0 aliphatic rings. The Labute approximate surface area is 134 Å². The Morgan fingerprint density at radius 2 is 1.86 bits per heavy atom. The summed E-state index contributed by atoms with van der Waals surface area (Å²) in [6.45, 7) is 1.23. The van der Waals surface area contributed by atoms with Crippen molar-refractivity contribution in [2.24, 2.45) is 0 Å². The predicted octanol–water partition coefficient (Wildman–Crippen LogP) is 4.34. The van der Waals surface area contributed by atoms with Crippen LogP contribution < -0.4 is 0 Å². The zero-order chi connectivity index (χ0) is 16.5. The van der Waals surface area contributed by atoms with Crippen LogP contribution in [0.5, 0.6) is 0 Å². The fourth-order valence-electron chi connectivity index (χ4n) is 2.21. The number of hydrogen-bond donors (Lipinski definition) is 1. The van der Waals surface area contributed by atoms with Crippen molar-refractivity contribution in [1.82, 2.24) is 9.97 Å². The van der Waals surface area contributed by atoms with Crippen molar-refractivity contribution in [3.05, 3.63) is 58.1 Å². The molecule has 0 saturated carbocycles. The average molecular weight is 351 g/mol. The molecule has 2 rings (SSSR count). The van der Waals surface area contributed by atoms with Crippen LogP contribution in [0.15, 0.2) is 36.8 Å². The Kier molecular flexibility index (Phi) is 4.65. The van der Waals surface area contributed by atoms with Gasteiger partial charge in [-0.15, -0.1) is 0 Å². The molecule has 1 aromatic heterocycles. The van der Waals surface area contributed by atoms with Gasteiger partial charge in [0.15, 0.2) is 0 Å². The lowest BCUT2D eigenvalue weighted by Crippen LogP contribution is -2.47. The number of rotatable bonds is 3. The average Bonchev–Trinajstić information content (AvgIpc) is 2.45. The first-order valence-electron chi connectivity index (χ1n) is 6.18. The molecule has 2 atom stereocenters. The van der Waals surface area contributed by atoms with Crippen molar-refractivity contribution >= 4 is 23.2 Å². The summed E-state index contributed by atoms with van der Waals surface area (Å²) < 4.78 is 40.7. The van der Waals surface area contributed by atoms with Gasteiger partial charge in [-0.25, -0.2) is 9.97 Å². The SMILES string of the molecule is CC(c1ccc(Cl)cc1Cl)C(O)(c1ccncn1)C(F)(F)F. The van der Waals surface area contributed by atoms with E-state index in [0.717, 1.165) is 18.6 Å². The van der Waals surface area contributed by atoms with E-state index in [1.165, 1.54) is 25.1 Å². The summed E-state index contributed by atoms with van der Waals surface area (Å²) in [6, 6.07) is 5.11. The van der Waals surface area contributed by atoms with Gasteiger partial charge < -0.3 is 5.11 Å². The maximum Gasteiger partial charge on any atom is 0.423 e. The second-order valence-corrected chi connectivity index (χ2v) is 5.59. The largest absolute Gasteiger partial charge is 0.423 e. The highest BCUT2D eigenvalue weighted by Crippen LogP contribution is 2.49. The van der Waals surface area contributed by atoms with Gasteiger partial charge >= 0.3 is 6.18 Å². The first-order valence-corrected chi connectivity index (χ1v) is 6.94. The number of alkyl halides is 3. The molecule has 0 aliphatic heterocycles. The third-order valence-electron chi connectivity index (χ3n) is 3.46. The van der Waals surface area contributed by atoms with Crippen LogP contribution in [0, 0.1) is 0 Å². The quantitative estimate of drug-likeness (QED) is 0.895. The van der Waals surface area contributed by atoms with Gasteiger partial charge in [0, 0.05) is 22.2 Å². The van der Waals surface area contributed by atoms with Crippen LogP contribution in [-0.2, 0) is 5.60 Å². The van der Waals surface area contributed by atoms with Gasteiger partial charge in [-0.05, 0) is 23.8 Å². The van der Waals surface area contributed by atoms with E-state index in [0.29, 0.717) is 5.02 Å². The van der Waals surface area contributed by atoms with Crippen LogP contribution in [0.3, 0.4) is 0 Å². The molecule has 0 amide bonds. The summed E-state index contributed by atoms with van der Waals surface area (Å²) in [7, 11) is 0. The summed E-state index contributed by atoms with van der Waals surface area (Å²) >= 11 is 11.7. The molecule has 0 bridgehead atoms. The Balaban J connectivity index is 2.60. The smallest absolute Gasteiger partial charge is 0.375 e. The second kappa shape index (κ2) is 6.02. The lowest BCUT2D eigenvalue weighted by molar-refractivity contribution is -0.276. The van der Waals surface area contributed by atoms with Crippen molar-refractivity contribution in [2.75, 3.05) is 0 Å².